The van der Waals surface area contributed by atoms with Crippen molar-refractivity contribution in [3.63, 3.8) is 0 Å². The summed E-state index contributed by atoms with van der Waals surface area (Å²) in [7, 11) is 3.06. The number of ether oxygens (including phenoxy) is 3. The first-order valence-corrected chi connectivity index (χ1v) is 9.11. The Kier molecular flexibility index (Phi) is 6.21. The molecule has 2 N–H and O–H groups in total. The van der Waals surface area contributed by atoms with Crippen molar-refractivity contribution in [3.8, 4) is 35.1 Å². The molecule has 0 saturated heterocycles. The number of rotatable bonds is 7. The fourth-order valence-electron chi connectivity index (χ4n) is 3.22. The van der Waals surface area contributed by atoms with E-state index in [4.69, 9.17) is 24.7 Å². The molecule has 8 heteroatoms. The van der Waals surface area contributed by atoms with Crippen LogP contribution < -0.4 is 19.1 Å². The van der Waals surface area contributed by atoms with E-state index in [1.807, 2.05) is 12.1 Å². The highest BCUT2D eigenvalue weighted by atomic mass is 16.5. The molecule has 8 nitrogen and oxygen atoms in total. The first-order chi connectivity index (χ1) is 14.5. The molecule has 3 rings (SSSR count). The molecule has 0 unspecified atom stereocenters. The number of aromatic hydroxyl groups is 1. The van der Waals surface area contributed by atoms with Gasteiger partial charge in [-0.3, -0.25) is 4.79 Å². The quantitative estimate of drug-likeness (QED) is 0.528. The number of nitrogens with zero attached hydrogens (tertiary/aromatic N) is 2. The summed E-state index contributed by atoms with van der Waals surface area (Å²) in [5.74, 6) is 1.05. The third kappa shape index (κ3) is 4.04. The van der Waals surface area contributed by atoms with Gasteiger partial charge in [-0.1, -0.05) is 0 Å². The smallest absolute Gasteiger partial charge is 0.231 e. The molecule has 1 heterocycles. The Hall–Kier alpha value is -4.01. The largest absolute Gasteiger partial charge is 0.507 e. The Bertz CT molecular complexity index is 1080. The van der Waals surface area contributed by atoms with Gasteiger partial charge < -0.3 is 24.2 Å². The summed E-state index contributed by atoms with van der Waals surface area (Å²) in [5.41, 5.74) is 1.28. The number of fused-ring (bicyclic) bond motifs is 1. The van der Waals surface area contributed by atoms with Gasteiger partial charge in [-0.05, 0) is 36.4 Å². The second kappa shape index (κ2) is 8.99. The highest BCUT2D eigenvalue weighted by molar-refractivity contribution is 6.15. The number of nitriles is 2. The van der Waals surface area contributed by atoms with Crippen LogP contribution in [0.3, 0.4) is 0 Å². The number of quaternary nitrogens is 1. The zero-order valence-corrected chi connectivity index (χ0v) is 16.6. The normalized spacial score (nSPS) is 13.5. The fraction of sp³-hybridized carbons (Fsp3) is 0.227. The monoisotopic (exact) mass is 406 g/mol. The lowest BCUT2D eigenvalue weighted by Crippen LogP contribution is -3.10. The van der Waals surface area contributed by atoms with Gasteiger partial charge in [0.15, 0.2) is 24.6 Å². The zero-order valence-electron chi connectivity index (χ0n) is 16.6. The molecule has 0 spiro atoms. The molecule has 152 valence electrons. The second-order valence-electron chi connectivity index (χ2n) is 6.58. The van der Waals surface area contributed by atoms with Crippen LogP contribution in [-0.4, -0.2) is 38.2 Å². The van der Waals surface area contributed by atoms with E-state index in [0.29, 0.717) is 33.1 Å². The molecule has 30 heavy (non-hydrogen) atoms. The molecule has 0 bridgehead atoms. The van der Waals surface area contributed by atoms with Crippen molar-refractivity contribution < 1.29 is 29.0 Å². The summed E-state index contributed by atoms with van der Waals surface area (Å²) < 4.78 is 16.4. The van der Waals surface area contributed by atoms with E-state index in [0.717, 1.165) is 0 Å². The SMILES string of the molecule is COc1ccc(OC)c(/C=C2\Oc3c(ccc(O)c3C[NH+](CC#N)CC#N)C2=O)c1. The van der Waals surface area contributed by atoms with Crippen LogP contribution in [0, 0.1) is 22.7 Å². The number of phenolic OH excluding ortho intramolecular Hbond substituents is 1. The maximum absolute atomic E-state index is 12.9. The third-order valence-corrected chi connectivity index (χ3v) is 4.72. The highest BCUT2D eigenvalue weighted by Crippen LogP contribution is 2.39. The van der Waals surface area contributed by atoms with Crippen LogP contribution in [-0.2, 0) is 6.54 Å². The first-order valence-electron chi connectivity index (χ1n) is 9.11. The van der Waals surface area contributed by atoms with Crippen LogP contribution in [0.4, 0.5) is 0 Å². The summed E-state index contributed by atoms with van der Waals surface area (Å²) in [4.78, 5) is 13.5. The lowest BCUT2D eigenvalue weighted by Gasteiger charge is -2.15. The molecule has 2 aromatic rings. The number of hydrogen-bond donors (Lipinski definition) is 2. The molecule has 0 aliphatic carbocycles. The first kappa shape index (κ1) is 20.7. The van der Waals surface area contributed by atoms with Crippen LogP contribution in [0.1, 0.15) is 21.5 Å². The van der Waals surface area contributed by atoms with Crippen molar-refractivity contribution in [1.29, 1.82) is 10.5 Å². The van der Waals surface area contributed by atoms with E-state index in [1.54, 1.807) is 24.3 Å². The predicted octanol–water partition coefficient (Wildman–Crippen LogP) is 1.46. The molecular weight excluding hydrogens is 386 g/mol. The highest BCUT2D eigenvalue weighted by Gasteiger charge is 2.32. The number of hydrogen-bond acceptors (Lipinski definition) is 7. The Morgan fingerprint density at radius 2 is 1.87 bits per heavy atom. The van der Waals surface area contributed by atoms with E-state index >= 15 is 0 Å². The van der Waals surface area contributed by atoms with Gasteiger partial charge in [-0.2, -0.15) is 10.5 Å². The molecule has 0 aromatic heterocycles. The predicted molar refractivity (Wildman–Crippen MR) is 106 cm³/mol. The number of carbonyl (C=O) groups excluding carboxylic acids is 1. The molecule has 0 saturated carbocycles. The Morgan fingerprint density at radius 1 is 1.13 bits per heavy atom. The molecule has 0 radical (unpaired) electrons. The van der Waals surface area contributed by atoms with Crippen molar-refractivity contribution in [3.05, 3.63) is 52.8 Å². The second-order valence-corrected chi connectivity index (χ2v) is 6.58. The minimum atomic E-state index is -0.335. The van der Waals surface area contributed by atoms with Gasteiger partial charge >= 0.3 is 0 Å². The van der Waals surface area contributed by atoms with Crippen molar-refractivity contribution in [2.45, 2.75) is 6.54 Å². The van der Waals surface area contributed by atoms with Gasteiger partial charge in [0, 0.05) is 5.56 Å². The summed E-state index contributed by atoms with van der Waals surface area (Å²) >= 11 is 0. The average Bonchev–Trinajstić information content (AvgIpc) is 3.06. The topological polar surface area (TPSA) is 117 Å². The molecular formula is C22H20N3O5+. The van der Waals surface area contributed by atoms with Crippen molar-refractivity contribution in [2.24, 2.45) is 0 Å². The molecule has 0 atom stereocenters. The van der Waals surface area contributed by atoms with Crippen molar-refractivity contribution in [1.82, 2.24) is 0 Å². The van der Waals surface area contributed by atoms with E-state index in [1.165, 1.54) is 26.4 Å². The number of phenols is 1. The van der Waals surface area contributed by atoms with Crippen LogP contribution >= 0.6 is 0 Å². The van der Waals surface area contributed by atoms with Crippen molar-refractivity contribution >= 4 is 11.9 Å². The molecule has 0 amide bonds. The van der Waals surface area contributed by atoms with Crippen LogP contribution in [0.2, 0.25) is 0 Å². The van der Waals surface area contributed by atoms with Crippen LogP contribution in [0.25, 0.3) is 6.08 Å². The van der Waals surface area contributed by atoms with Gasteiger partial charge in [0.2, 0.25) is 5.78 Å². The number of ketones is 1. The maximum atomic E-state index is 12.9. The van der Waals surface area contributed by atoms with E-state index in [-0.39, 0.29) is 42.7 Å². The Balaban J connectivity index is 2.00. The Labute approximate surface area is 173 Å². The molecule has 2 aromatic carbocycles. The molecule has 1 aliphatic heterocycles. The van der Waals surface area contributed by atoms with Gasteiger partial charge in [-0.15, -0.1) is 0 Å². The van der Waals surface area contributed by atoms with E-state index < -0.39 is 0 Å². The van der Waals surface area contributed by atoms with Gasteiger partial charge in [0.25, 0.3) is 0 Å². The lowest BCUT2D eigenvalue weighted by molar-refractivity contribution is -0.899. The van der Waals surface area contributed by atoms with Crippen LogP contribution in [0.5, 0.6) is 23.0 Å². The summed E-state index contributed by atoms with van der Waals surface area (Å²) in [6.07, 6.45) is 1.56. The fourth-order valence-corrected chi connectivity index (χ4v) is 3.22. The number of methoxy groups -OCH3 is 2. The van der Waals surface area contributed by atoms with Gasteiger partial charge in [-0.25, -0.2) is 0 Å². The number of carbonyl (C=O) groups is 1. The average molecular weight is 406 g/mol. The maximum Gasteiger partial charge on any atom is 0.231 e. The van der Waals surface area contributed by atoms with E-state index in [9.17, 15) is 9.90 Å². The number of Topliss-reactive ketones (excluding diaryl/α,β-unsaturated/α-hetero) is 1. The van der Waals surface area contributed by atoms with Crippen molar-refractivity contribution in [2.75, 3.05) is 27.3 Å². The lowest BCUT2D eigenvalue weighted by atomic mass is 10.0. The summed E-state index contributed by atoms with van der Waals surface area (Å²) in [6.45, 7) is 0.321. The molecule has 1 aliphatic rings. The van der Waals surface area contributed by atoms with Gasteiger partial charge in [0.1, 0.15) is 35.9 Å². The summed E-state index contributed by atoms with van der Waals surface area (Å²) in [5, 5.41) is 28.3. The van der Waals surface area contributed by atoms with Gasteiger partial charge in [0.05, 0.1) is 25.3 Å². The molecule has 0 fully saturated rings. The van der Waals surface area contributed by atoms with E-state index in [2.05, 4.69) is 0 Å². The van der Waals surface area contributed by atoms with Crippen LogP contribution in [0.15, 0.2) is 36.1 Å². The minimum absolute atomic E-state index is 0.0601. The minimum Gasteiger partial charge on any atom is -0.507 e. The summed E-state index contributed by atoms with van der Waals surface area (Å²) in [6, 6.07) is 12.1. The standard InChI is InChI=1S/C22H19N3O5/c1-28-15-3-6-19(29-2)14(11-15)12-20-21(27)16-4-5-18(26)17(22(16)30-20)13-25(9-7-23)10-8-24/h3-6,11-12,26H,9-10,13H2,1-2H3/p+1/b20-12-. The zero-order chi connectivity index (χ0) is 21.7. The Morgan fingerprint density at radius 3 is 2.50 bits per heavy atom. The number of allylic oxidation sites excluding steroid dienone is 1. The number of benzene rings is 2. The third-order valence-electron chi connectivity index (χ3n) is 4.72. The number of nitrogens with one attached hydrogen (secondary N) is 1.